The maximum absolute atomic E-state index is 12.7. The van der Waals surface area contributed by atoms with E-state index in [2.05, 4.69) is 15.9 Å². The van der Waals surface area contributed by atoms with E-state index >= 15 is 0 Å². The minimum atomic E-state index is -0.564. The summed E-state index contributed by atoms with van der Waals surface area (Å²) in [7, 11) is 0. The fraction of sp³-hybridized carbons (Fsp3) is 0.316. The fourth-order valence-electron chi connectivity index (χ4n) is 3.00. The van der Waals surface area contributed by atoms with Gasteiger partial charge < -0.3 is 19.7 Å². The van der Waals surface area contributed by atoms with E-state index in [-0.39, 0.29) is 23.0 Å². The Morgan fingerprint density at radius 2 is 1.64 bits per heavy atom. The number of aromatic hydroxyl groups is 2. The molecule has 0 aliphatic carbocycles. The molecule has 0 amide bonds. The van der Waals surface area contributed by atoms with E-state index in [1.807, 2.05) is 13.8 Å². The van der Waals surface area contributed by atoms with Crippen LogP contribution in [0.3, 0.4) is 0 Å². The van der Waals surface area contributed by atoms with Gasteiger partial charge >= 0.3 is 5.97 Å². The number of fused-ring (bicyclic) bond motifs is 2. The molecule has 25 heavy (non-hydrogen) atoms. The van der Waals surface area contributed by atoms with E-state index in [0.29, 0.717) is 34.2 Å². The molecule has 3 rings (SSSR count). The summed E-state index contributed by atoms with van der Waals surface area (Å²) in [6, 6.07) is 4.52. The molecule has 6 heteroatoms. The summed E-state index contributed by atoms with van der Waals surface area (Å²) in [6.07, 6.45) is 2.89. The topological polar surface area (TPSA) is 76.0 Å². The summed E-state index contributed by atoms with van der Waals surface area (Å²) >= 11 is 3.31. The average molecular weight is 407 g/mol. The highest BCUT2D eigenvalue weighted by molar-refractivity contribution is 9.10. The van der Waals surface area contributed by atoms with Crippen LogP contribution in [0.15, 0.2) is 22.7 Å². The van der Waals surface area contributed by atoms with Crippen molar-refractivity contribution >= 4 is 21.9 Å². The third-order valence-electron chi connectivity index (χ3n) is 4.05. The zero-order valence-electron chi connectivity index (χ0n) is 14.1. The first-order valence-corrected chi connectivity index (χ1v) is 9.05. The van der Waals surface area contributed by atoms with Gasteiger partial charge in [0.25, 0.3) is 0 Å². The van der Waals surface area contributed by atoms with Gasteiger partial charge in [-0.05, 0) is 46.5 Å². The molecule has 132 valence electrons. The maximum atomic E-state index is 12.7. The number of hydrogen-bond acceptors (Lipinski definition) is 5. The lowest BCUT2D eigenvalue weighted by Gasteiger charge is -2.15. The number of esters is 1. The minimum Gasteiger partial charge on any atom is -0.508 e. The number of phenols is 2. The largest absolute Gasteiger partial charge is 0.508 e. The van der Waals surface area contributed by atoms with Crippen LogP contribution in [0.25, 0.3) is 0 Å². The van der Waals surface area contributed by atoms with E-state index in [0.717, 1.165) is 18.4 Å². The van der Waals surface area contributed by atoms with Crippen LogP contribution in [0.4, 0.5) is 0 Å². The van der Waals surface area contributed by atoms with Gasteiger partial charge in [0, 0.05) is 11.6 Å². The van der Waals surface area contributed by atoms with Crippen molar-refractivity contribution in [3.63, 3.8) is 0 Å². The Labute approximate surface area is 154 Å². The molecule has 0 radical (unpaired) electrons. The van der Waals surface area contributed by atoms with E-state index in [9.17, 15) is 15.0 Å². The van der Waals surface area contributed by atoms with Crippen molar-refractivity contribution in [1.29, 1.82) is 0 Å². The van der Waals surface area contributed by atoms with E-state index in [1.54, 1.807) is 12.1 Å². The number of carbonyl (C=O) groups excluding carboxylic acids is 1. The predicted octanol–water partition coefficient (Wildman–Crippen LogP) is 5.09. The van der Waals surface area contributed by atoms with Gasteiger partial charge in [0.2, 0.25) is 0 Å². The number of carbonyl (C=O) groups is 1. The summed E-state index contributed by atoms with van der Waals surface area (Å²) in [4.78, 5) is 12.7. The molecule has 0 unspecified atom stereocenters. The van der Waals surface area contributed by atoms with Crippen molar-refractivity contribution in [3.8, 4) is 28.7 Å². The summed E-state index contributed by atoms with van der Waals surface area (Å²) in [5.74, 6) is 0.273. The van der Waals surface area contributed by atoms with Crippen LogP contribution < -0.4 is 9.47 Å². The minimum absolute atomic E-state index is 0.00858. The smallest absolute Gasteiger partial charge is 0.347 e. The first-order chi connectivity index (χ1) is 12.0. The standard InChI is InChI=1S/C19H19BrO5/c1-3-5-10-8-13(22)16(20)18-15(10)19(23)24-14-9-12(21)7-11(6-4-2)17(14)25-18/h7-9,21-22H,3-6H2,1-2H3. The SMILES string of the molecule is CCCc1cc(O)cc2c1Oc1c(Br)c(O)cc(CCC)c1C(=O)O2. The molecule has 1 aliphatic rings. The molecule has 5 nitrogen and oxygen atoms in total. The molecule has 0 saturated carbocycles. The Morgan fingerprint density at radius 1 is 0.960 bits per heavy atom. The third kappa shape index (κ3) is 3.18. The number of phenolic OH excluding ortho intramolecular Hbond substituents is 2. The monoisotopic (exact) mass is 406 g/mol. The van der Waals surface area contributed by atoms with Crippen molar-refractivity contribution in [1.82, 2.24) is 0 Å². The number of ether oxygens (including phenoxy) is 2. The molecule has 1 aliphatic heterocycles. The highest BCUT2D eigenvalue weighted by atomic mass is 79.9. The Kier molecular flexibility index (Phi) is 4.90. The molecule has 0 saturated heterocycles. The second-order valence-corrected chi connectivity index (χ2v) is 6.79. The van der Waals surface area contributed by atoms with Crippen LogP contribution in [-0.2, 0) is 12.8 Å². The van der Waals surface area contributed by atoms with Crippen LogP contribution in [0.1, 0.15) is 48.2 Å². The van der Waals surface area contributed by atoms with Gasteiger partial charge in [0.05, 0.1) is 0 Å². The van der Waals surface area contributed by atoms with Crippen molar-refractivity contribution in [3.05, 3.63) is 39.4 Å². The van der Waals surface area contributed by atoms with E-state index < -0.39 is 5.97 Å². The quantitative estimate of drug-likeness (QED) is 0.546. The van der Waals surface area contributed by atoms with Crippen LogP contribution in [0.2, 0.25) is 0 Å². The molecule has 0 fully saturated rings. The van der Waals surface area contributed by atoms with Crippen molar-refractivity contribution < 1.29 is 24.5 Å². The van der Waals surface area contributed by atoms with Crippen LogP contribution in [-0.4, -0.2) is 16.2 Å². The second kappa shape index (κ2) is 6.96. The Morgan fingerprint density at radius 3 is 2.32 bits per heavy atom. The van der Waals surface area contributed by atoms with Crippen LogP contribution in [0.5, 0.6) is 28.7 Å². The van der Waals surface area contributed by atoms with Gasteiger partial charge in [0.15, 0.2) is 17.2 Å². The van der Waals surface area contributed by atoms with Crippen molar-refractivity contribution in [2.45, 2.75) is 39.5 Å². The summed E-state index contributed by atoms with van der Waals surface area (Å²) < 4.78 is 11.9. The highest BCUT2D eigenvalue weighted by Crippen LogP contribution is 2.48. The fourth-order valence-corrected chi connectivity index (χ4v) is 3.40. The first kappa shape index (κ1) is 17.6. The number of hydrogen-bond donors (Lipinski definition) is 2. The Balaban J connectivity index is 2.24. The summed E-state index contributed by atoms with van der Waals surface area (Å²) in [5.41, 5.74) is 1.70. The zero-order valence-corrected chi connectivity index (χ0v) is 15.6. The molecule has 2 aromatic rings. The summed E-state index contributed by atoms with van der Waals surface area (Å²) in [5, 5.41) is 20.1. The van der Waals surface area contributed by atoms with Crippen molar-refractivity contribution in [2.75, 3.05) is 0 Å². The lowest BCUT2D eigenvalue weighted by Crippen LogP contribution is -2.11. The van der Waals surface area contributed by atoms with Gasteiger partial charge in [-0.2, -0.15) is 0 Å². The lowest BCUT2D eigenvalue weighted by molar-refractivity contribution is 0.0736. The number of benzene rings is 2. The molecular formula is C19H19BrO5. The molecule has 1 heterocycles. The lowest BCUT2D eigenvalue weighted by atomic mass is 10.0. The third-order valence-corrected chi connectivity index (χ3v) is 4.82. The number of halogens is 1. The molecular weight excluding hydrogens is 388 g/mol. The molecule has 0 bridgehead atoms. The second-order valence-electron chi connectivity index (χ2n) is 6.00. The van der Waals surface area contributed by atoms with Crippen molar-refractivity contribution in [2.24, 2.45) is 0 Å². The maximum Gasteiger partial charge on any atom is 0.347 e. The average Bonchev–Trinajstić information content (AvgIpc) is 2.69. The molecule has 0 atom stereocenters. The van der Waals surface area contributed by atoms with Gasteiger partial charge in [-0.1, -0.05) is 26.7 Å². The van der Waals surface area contributed by atoms with Crippen LogP contribution in [0, 0.1) is 0 Å². The van der Waals surface area contributed by atoms with Gasteiger partial charge in [-0.3, -0.25) is 0 Å². The van der Waals surface area contributed by atoms with E-state index in [1.165, 1.54) is 6.07 Å². The first-order valence-electron chi connectivity index (χ1n) is 8.26. The Hall–Kier alpha value is -2.21. The normalized spacial score (nSPS) is 12.7. The van der Waals surface area contributed by atoms with Gasteiger partial charge in [0.1, 0.15) is 21.5 Å². The van der Waals surface area contributed by atoms with Crippen LogP contribution >= 0.6 is 15.9 Å². The molecule has 2 aromatic carbocycles. The van der Waals surface area contributed by atoms with Gasteiger partial charge in [-0.15, -0.1) is 0 Å². The van der Waals surface area contributed by atoms with E-state index in [4.69, 9.17) is 9.47 Å². The molecule has 0 spiro atoms. The molecule has 2 N–H and O–H groups in total. The van der Waals surface area contributed by atoms with Gasteiger partial charge in [-0.25, -0.2) is 4.79 Å². The predicted molar refractivity (Wildman–Crippen MR) is 96.9 cm³/mol. The Bertz CT molecular complexity index is 844. The molecule has 0 aromatic heterocycles. The number of rotatable bonds is 4. The zero-order chi connectivity index (χ0) is 18.1. The number of aryl methyl sites for hydroxylation is 2. The highest BCUT2D eigenvalue weighted by Gasteiger charge is 2.31. The summed E-state index contributed by atoms with van der Waals surface area (Å²) in [6.45, 7) is 3.99.